The number of hydrogen-bond acceptors (Lipinski definition) is 5. The second-order valence-corrected chi connectivity index (χ2v) is 5.10. The molecule has 0 spiro atoms. The zero-order valence-corrected chi connectivity index (χ0v) is 12.0. The van der Waals surface area contributed by atoms with Crippen LogP contribution in [0.3, 0.4) is 0 Å². The molecule has 6 nitrogen and oxygen atoms in total. The molecule has 2 heterocycles. The minimum absolute atomic E-state index is 0.252. The van der Waals surface area contributed by atoms with Gasteiger partial charge in [-0.25, -0.2) is 9.48 Å². The van der Waals surface area contributed by atoms with Gasteiger partial charge in [0, 0.05) is 6.20 Å². The Morgan fingerprint density at radius 1 is 1.38 bits per heavy atom. The second kappa shape index (κ2) is 6.03. The van der Waals surface area contributed by atoms with E-state index in [9.17, 15) is 4.79 Å². The van der Waals surface area contributed by atoms with Gasteiger partial charge in [-0.15, -0.1) is 5.10 Å². The first kappa shape index (κ1) is 13.7. The van der Waals surface area contributed by atoms with Crippen molar-refractivity contribution in [3.8, 4) is 11.4 Å². The highest BCUT2D eigenvalue weighted by molar-refractivity contribution is 5.93. The van der Waals surface area contributed by atoms with Gasteiger partial charge in [0.25, 0.3) is 0 Å². The molecule has 0 aliphatic heterocycles. The van der Waals surface area contributed by atoms with Gasteiger partial charge < -0.3 is 4.74 Å². The van der Waals surface area contributed by atoms with E-state index in [1.54, 1.807) is 13.1 Å². The summed E-state index contributed by atoms with van der Waals surface area (Å²) >= 11 is 0. The van der Waals surface area contributed by atoms with Crippen LogP contribution in [0.4, 0.5) is 0 Å². The van der Waals surface area contributed by atoms with E-state index >= 15 is 0 Å². The van der Waals surface area contributed by atoms with Crippen LogP contribution in [0.25, 0.3) is 11.4 Å². The number of hydrogen-bond donors (Lipinski definition) is 0. The Bertz CT molecular complexity index is 618. The Hall–Kier alpha value is -2.24. The van der Waals surface area contributed by atoms with Crippen molar-refractivity contribution in [3.05, 3.63) is 30.1 Å². The molecule has 0 amide bonds. The fraction of sp³-hybridized carbons (Fsp3) is 0.467. The molecular weight excluding hydrogens is 268 g/mol. The average molecular weight is 286 g/mol. The van der Waals surface area contributed by atoms with Gasteiger partial charge in [0.2, 0.25) is 0 Å². The van der Waals surface area contributed by atoms with Crippen molar-refractivity contribution in [1.82, 2.24) is 20.0 Å². The number of ether oxygens (including phenoxy) is 1. The topological polar surface area (TPSA) is 69.9 Å². The van der Waals surface area contributed by atoms with Gasteiger partial charge in [0.15, 0.2) is 5.69 Å². The van der Waals surface area contributed by atoms with E-state index in [4.69, 9.17) is 4.74 Å². The van der Waals surface area contributed by atoms with Gasteiger partial charge in [-0.05, 0) is 31.9 Å². The summed E-state index contributed by atoms with van der Waals surface area (Å²) in [7, 11) is 0. The van der Waals surface area contributed by atoms with Gasteiger partial charge in [-0.1, -0.05) is 24.1 Å². The van der Waals surface area contributed by atoms with E-state index in [1.807, 2.05) is 22.9 Å². The Morgan fingerprint density at radius 3 is 2.86 bits per heavy atom. The Morgan fingerprint density at radius 2 is 2.19 bits per heavy atom. The van der Waals surface area contributed by atoms with Crippen molar-refractivity contribution in [2.75, 3.05) is 6.61 Å². The summed E-state index contributed by atoms with van der Waals surface area (Å²) in [5.74, 6) is -0.442. The third kappa shape index (κ3) is 2.66. The fourth-order valence-corrected chi connectivity index (χ4v) is 2.78. The van der Waals surface area contributed by atoms with Gasteiger partial charge >= 0.3 is 5.97 Å². The summed E-state index contributed by atoms with van der Waals surface area (Å²) in [6, 6.07) is 5.89. The van der Waals surface area contributed by atoms with Crippen LogP contribution in [0.5, 0.6) is 0 Å². The number of nitrogens with zero attached hydrogens (tertiary/aromatic N) is 4. The number of aromatic nitrogens is 4. The molecule has 21 heavy (non-hydrogen) atoms. The third-order valence-electron chi connectivity index (χ3n) is 3.74. The van der Waals surface area contributed by atoms with Crippen molar-refractivity contribution < 1.29 is 9.53 Å². The maximum Gasteiger partial charge on any atom is 0.361 e. The largest absolute Gasteiger partial charge is 0.461 e. The van der Waals surface area contributed by atoms with Crippen LogP contribution in [-0.4, -0.2) is 32.6 Å². The van der Waals surface area contributed by atoms with Crippen molar-refractivity contribution >= 4 is 5.97 Å². The Labute approximate surface area is 123 Å². The fourth-order valence-electron chi connectivity index (χ4n) is 2.78. The molecule has 2 aromatic heterocycles. The molecule has 110 valence electrons. The van der Waals surface area contributed by atoms with Crippen molar-refractivity contribution in [2.24, 2.45) is 0 Å². The minimum Gasteiger partial charge on any atom is -0.461 e. The van der Waals surface area contributed by atoms with Crippen LogP contribution < -0.4 is 0 Å². The standard InChI is InChI=1S/C15H18N4O2/c1-2-21-15(20)13-14(12-9-5-6-10-16-12)19(18-17-13)11-7-3-4-8-11/h5-6,9-11H,2-4,7-8H2,1H3. The van der Waals surface area contributed by atoms with Crippen LogP contribution in [0.2, 0.25) is 0 Å². The quantitative estimate of drug-likeness (QED) is 0.808. The maximum atomic E-state index is 12.1. The predicted molar refractivity (Wildman–Crippen MR) is 76.7 cm³/mol. The molecule has 2 aromatic rings. The molecule has 1 saturated carbocycles. The SMILES string of the molecule is CCOC(=O)c1nnn(C2CCCC2)c1-c1ccccn1. The zero-order chi connectivity index (χ0) is 14.7. The van der Waals surface area contributed by atoms with Crippen LogP contribution in [0.15, 0.2) is 24.4 Å². The predicted octanol–water partition coefficient (Wildman–Crippen LogP) is 2.63. The van der Waals surface area contributed by atoms with E-state index < -0.39 is 5.97 Å². The highest BCUT2D eigenvalue weighted by Gasteiger charge is 2.28. The number of carbonyl (C=O) groups is 1. The average Bonchev–Trinajstić information content (AvgIpc) is 3.17. The smallest absolute Gasteiger partial charge is 0.361 e. The maximum absolute atomic E-state index is 12.1. The van der Waals surface area contributed by atoms with Gasteiger partial charge in [0.1, 0.15) is 5.69 Å². The van der Waals surface area contributed by atoms with E-state index in [0.29, 0.717) is 18.0 Å². The zero-order valence-electron chi connectivity index (χ0n) is 12.0. The van der Waals surface area contributed by atoms with Crippen LogP contribution in [0, 0.1) is 0 Å². The molecule has 0 radical (unpaired) electrons. The summed E-state index contributed by atoms with van der Waals surface area (Å²) in [5.41, 5.74) is 1.63. The second-order valence-electron chi connectivity index (χ2n) is 5.10. The first-order valence-electron chi connectivity index (χ1n) is 7.35. The highest BCUT2D eigenvalue weighted by Crippen LogP contribution is 2.33. The lowest BCUT2D eigenvalue weighted by molar-refractivity contribution is 0.0520. The molecule has 6 heteroatoms. The first-order valence-corrected chi connectivity index (χ1v) is 7.35. The van der Waals surface area contributed by atoms with Gasteiger partial charge in [0.05, 0.1) is 18.3 Å². The normalized spacial score (nSPS) is 15.3. The van der Waals surface area contributed by atoms with E-state index in [2.05, 4.69) is 15.3 Å². The molecule has 0 N–H and O–H groups in total. The van der Waals surface area contributed by atoms with Crippen molar-refractivity contribution in [2.45, 2.75) is 38.6 Å². The molecule has 1 aliphatic rings. The number of esters is 1. The Balaban J connectivity index is 2.07. The third-order valence-corrected chi connectivity index (χ3v) is 3.74. The lowest BCUT2D eigenvalue weighted by Gasteiger charge is -2.13. The highest BCUT2D eigenvalue weighted by atomic mass is 16.5. The Kier molecular flexibility index (Phi) is 3.94. The van der Waals surface area contributed by atoms with E-state index in [0.717, 1.165) is 12.8 Å². The molecule has 1 aliphatic carbocycles. The summed E-state index contributed by atoms with van der Waals surface area (Å²) < 4.78 is 6.93. The molecule has 1 fully saturated rings. The molecular formula is C15H18N4O2. The summed E-state index contributed by atoms with van der Waals surface area (Å²) in [6.45, 7) is 2.09. The molecule has 0 saturated heterocycles. The minimum atomic E-state index is -0.442. The summed E-state index contributed by atoms with van der Waals surface area (Å²) in [6.07, 6.45) is 6.19. The molecule has 0 unspecified atom stereocenters. The van der Waals surface area contributed by atoms with E-state index in [1.165, 1.54) is 12.8 Å². The summed E-state index contributed by atoms with van der Waals surface area (Å²) in [4.78, 5) is 16.4. The van der Waals surface area contributed by atoms with Crippen molar-refractivity contribution in [3.63, 3.8) is 0 Å². The summed E-state index contributed by atoms with van der Waals surface area (Å²) in [5, 5.41) is 8.26. The lowest BCUT2D eigenvalue weighted by atomic mass is 10.2. The van der Waals surface area contributed by atoms with Gasteiger partial charge in [-0.2, -0.15) is 0 Å². The lowest BCUT2D eigenvalue weighted by Crippen LogP contribution is -2.11. The van der Waals surface area contributed by atoms with Gasteiger partial charge in [-0.3, -0.25) is 4.98 Å². The monoisotopic (exact) mass is 286 g/mol. The number of pyridine rings is 1. The first-order chi connectivity index (χ1) is 10.3. The van der Waals surface area contributed by atoms with Crippen LogP contribution >= 0.6 is 0 Å². The molecule has 3 rings (SSSR count). The molecule has 0 aromatic carbocycles. The van der Waals surface area contributed by atoms with Crippen molar-refractivity contribution in [1.29, 1.82) is 0 Å². The molecule has 0 atom stereocenters. The number of rotatable bonds is 4. The van der Waals surface area contributed by atoms with E-state index in [-0.39, 0.29) is 11.7 Å². The van der Waals surface area contributed by atoms with Crippen LogP contribution in [0.1, 0.15) is 49.1 Å². The number of carbonyl (C=O) groups excluding carboxylic acids is 1. The van der Waals surface area contributed by atoms with Crippen LogP contribution in [-0.2, 0) is 4.74 Å². The molecule has 0 bridgehead atoms.